The fourth-order valence-electron chi connectivity index (χ4n) is 1.34. The van der Waals surface area contributed by atoms with Gasteiger partial charge in [0.1, 0.15) is 5.75 Å². The van der Waals surface area contributed by atoms with E-state index in [1.54, 1.807) is 30.3 Å². The molecule has 1 atom stereocenters. The molecule has 1 aromatic carbocycles. The molecule has 0 bridgehead atoms. The highest BCUT2D eigenvalue weighted by Crippen LogP contribution is 2.02. The van der Waals surface area contributed by atoms with Crippen LogP contribution in [-0.4, -0.2) is 32.2 Å². The largest absolute Gasteiger partial charge is 0.380 e. The van der Waals surface area contributed by atoms with E-state index in [0.29, 0.717) is 11.6 Å². The molecule has 96 valence electrons. The Hall–Kier alpha value is -0.950. The molecule has 5 nitrogen and oxygen atoms in total. The second-order valence-corrected chi connectivity index (χ2v) is 5.29. The van der Waals surface area contributed by atoms with Crippen LogP contribution in [0.15, 0.2) is 30.3 Å². The van der Waals surface area contributed by atoms with E-state index in [2.05, 4.69) is 0 Å². The molecule has 1 aromatic rings. The van der Waals surface area contributed by atoms with Crippen molar-refractivity contribution in [2.75, 3.05) is 13.2 Å². The zero-order valence-corrected chi connectivity index (χ0v) is 10.3. The predicted molar refractivity (Wildman–Crippen MR) is 65.1 cm³/mol. The van der Waals surface area contributed by atoms with Gasteiger partial charge >= 0.3 is 0 Å². The van der Waals surface area contributed by atoms with Gasteiger partial charge in [0.2, 0.25) is 0 Å². The van der Waals surface area contributed by atoms with Gasteiger partial charge in [0.15, 0.2) is 0 Å². The smallest absolute Gasteiger partial charge is 0.269 e. The molecule has 1 heterocycles. The first-order valence-electron chi connectivity index (χ1n) is 5.30. The highest BCUT2D eigenvalue weighted by molar-refractivity contribution is 7.85. The van der Waals surface area contributed by atoms with Crippen molar-refractivity contribution in [3.8, 4) is 0 Å². The fraction of sp³-hybridized carbons (Fsp3) is 0.455. The topological polar surface area (TPSA) is 89.6 Å². The summed E-state index contributed by atoms with van der Waals surface area (Å²) in [7, 11) is -3.88. The Labute approximate surface area is 101 Å². The Balaban J connectivity index is 0.000000202. The van der Waals surface area contributed by atoms with Gasteiger partial charge in [0.25, 0.3) is 10.1 Å². The zero-order valence-electron chi connectivity index (χ0n) is 9.45. The van der Waals surface area contributed by atoms with Crippen molar-refractivity contribution in [1.82, 2.24) is 0 Å². The molecule has 0 saturated carbocycles. The van der Waals surface area contributed by atoms with Gasteiger partial charge in [-0.1, -0.05) is 30.3 Å². The average molecular weight is 259 g/mol. The van der Waals surface area contributed by atoms with Crippen LogP contribution >= 0.6 is 0 Å². The van der Waals surface area contributed by atoms with Crippen LogP contribution in [0, 0.1) is 0 Å². The van der Waals surface area contributed by atoms with Gasteiger partial charge in [-0.3, -0.25) is 4.55 Å². The Morgan fingerprint density at radius 1 is 1.35 bits per heavy atom. The summed E-state index contributed by atoms with van der Waals surface area (Å²) in [6, 6.07) is 8.85. The SMILES string of the molecule is N[C@H]1CCOC1.O=S(=O)(O)Cc1ccccc1. The van der Waals surface area contributed by atoms with Crippen LogP contribution in [0.1, 0.15) is 12.0 Å². The zero-order chi connectivity index (χ0) is 12.7. The maximum Gasteiger partial charge on any atom is 0.269 e. The Kier molecular flexibility index (Phi) is 5.57. The lowest BCUT2D eigenvalue weighted by Gasteiger charge is -1.95. The van der Waals surface area contributed by atoms with Crippen LogP contribution < -0.4 is 5.73 Å². The van der Waals surface area contributed by atoms with Crippen molar-refractivity contribution >= 4 is 10.1 Å². The minimum absolute atomic E-state index is 0.312. The second kappa shape index (κ2) is 6.70. The van der Waals surface area contributed by atoms with Crippen molar-refractivity contribution in [3.63, 3.8) is 0 Å². The van der Waals surface area contributed by atoms with Crippen LogP contribution in [0.25, 0.3) is 0 Å². The molecular formula is C11H17NO4S. The quantitative estimate of drug-likeness (QED) is 0.767. The lowest BCUT2D eigenvalue weighted by Crippen LogP contribution is -2.18. The maximum atomic E-state index is 10.4. The fourth-order valence-corrected chi connectivity index (χ4v) is 1.95. The minimum atomic E-state index is -3.88. The van der Waals surface area contributed by atoms with E-state index in [4.69, 9.17) is 15.0 Å². The summed E-state index contributed by atoms with van der Waals surface area (Å²) in [6.07, 6.45) is 1.04. The molecule has 1 fully saturated rings. The molecule has 1 aliphatic rings. The number of hydrogen-bond donors (Lipinski definition) is 2. The lowest BCUT2D eigenvalue weighted by atomic mass is 10.2. The number of benzene rings is 1. The average Bonchev–Trinajstić information content (AvgIpc) is 2.69. The molecule has 1 saturated heterocycles. The normalized spacial score (nSPS) is 19.5. The first kappa shape index (κ1) is 14.1. The number of rotatable bonds is 2. The molecular weight excluding hydrogens is 242 g/mol. The van der Waals surface area contributed by atoms with Gasteiger partial charge in [-0.2, -0.15) is 8.42 Å². The third kappa shape index (κ3) is 7.06. The van der Waals surface area contributed by atoms with E-state index in [-0.39, 0.29) is 5.75 Å². The summed E-state index contributed by atoms with van der Waals surface area (Å²) in [6.45, 7) is 1.63. The second-order valence-electron chi connectivity index (χ2n) is 3.84. The summed E-state index contributed by atoms with van der Waals surface area (Å²) < 4.78 is 34.1. The lowest BCUT2D eigenvalue weighted by molar-refractivity contribution is 0.194. The summed E-state index contributed by atoms with van der Waals surface area (Å²) in [5.41, 5.74) is 6.00. The molecule has 0 aromatic heterocycles. The number of hydrogen-bond acceptors (Lipinski definition) is 4. The maximum absolute atomic E-state index is 10.4. The number of ether oxygens (including phenoxy) is 1. The van der Waals surface area contributed by atoms with E-state index in [9.17, 15) is 8.42 Å². The predicted octanol–water partition coefficient (Wildman–Crippen LogP) is 0.808. The van der Waals surface area contributed by atoms with Gasteiger partial charge in [-0.25, -0.2) is 0 Å². The van der Waals surface area contributed by atoms with Crippen LogP contribution in [0.4, 0.5) is 0 Å². The van der Waals surface area contributed by atoms with Crippen molar-refractivity contribution in [2.24, 2.45) is 5.73 Å². The van der Waals surface area contributed by atoms with Crippen molar-refractivity contribution < 1.29 is 17.7 Å². The number of nitrogens with two attached hydrogens (primary N) is 1. The summed E-state index contributed by atoms with van der Waals surface area (Å²) >= 11 is 0. The molecule has 3 N–H and O–H groups in total. The Morgan fingerprint density at radius 2 is 2.00 bits per heavy atom. The van der Waals surface area contributed by atoms with E-state index in [0.717, 1.165) is 19.6 Å². The monoisotopic (exact) mass is 259 g/mol. The first-order valence-corrected chi connectivity index (χ1v) is 6.91. The van der Waals surface area contributed by atoms with Gasteiger partial charge in [-0.15, -0.1) is 0 Å². The first-order chi connectivity index (χ1) is 7.97. The van der Waals surface area contributed by atoms with E-state index < -0.39 is 10.1 Å². The molecule has 2 rings (SSSR count). The molecule has 1 aliphatic heterocycles. The summed E-state index contributed by atoms with van der Waals surface area (Å²) in [5.74, 6) is -0.312. The molecule has 0 radical (unpaired) electrons. The van der Waals surface area contributed by atoms with Gasteiger partial charge in [0.05, 0.1) is 6.61 Å². The van der Waals surface area contributed by atoms with Crippen molar-refractivity contribution in [1.29, 1.82) is 0 Å². The van der Waals surface area contributed by atoms with Crippen molar-refractivity contribution in [2.45, 2.75) is 18.2 Å². The third-order valence-electron chi connectivity index (χ3n) is 2.16. The van der Waals surface area contributed by atoms with Crippen molar-refractivity contribution in [3.05, 3.63) is 35.9 Å². The molecule has 0 unspecified atom stereocenters. The standard InChI is InChI=1S/C7H8O3S.C4H9NO/c8-11(9,10)6-7-4-2-1-3-5-7;5-4-1-2-6-3-4/h1-5H,6H2,(H,8,9,10);4H,1-3,5H2/t;4-/m.0/s1. The molecule has 0 spiro atoms. The molecule has 0 amide bonds. The Bertz CT molecular complexity index is 412. The molecule has 0 aliphatic carbocycles. The van der Waals surface area contributed by atoms with E-state index in [1.807, 2.05) is 0 Å². The van der Waals surface area contributed by atoms with Gasteiger partial charge in [-0.05, 0) is 12.0 Å². The Morgan fingerprint density at radius 3 is 2.35 bits per heavy atom. The highest BCUT2D eigenvalue weighted by Gasteiger charge is 2.08. The summed E-state index contributed by atoms with van der Waals surface area (Å²) in [5, 5.41) is 0. The highest BCUT2D eigenvalue weighted by atomic mass is 32.2. The van der Waals surface area contributed by atoms with E-state index in [1.165, 1.54) is 0 Å². The minimum Gasteiger partial charge on any atom is -0.380 e. The van der Waals surface area contributed by atoms with Gasteiger partial charge in [0, 0.05) is 12.6 Å². The third-order valence-corrected chi connectivity index (χ3v) is 2.85. The van der Waals surface area contributed by atoms with E-state index >= 15 is 0 Å². The summed E-state index contributed by atoms with van der Waals surface area (Å²) in [4.78, 5) is 0. The van der Waals surface area contributed by atoms with Crippen LogP contribution in [-0.2, 0) is 20.6 Å². The van der Waals surface area contributed by atoms with Gasteiger partial charge < -0.3 is 10.5 Å². The molecule has 17 heavy (non-hydrogen) atoms. The van der Waals surface area contributed by atoms with Crippen LogP contribution in [0.3, 0.4) is 0 Å². The van der Waals surface area contributed by atoms with Crippen LogP contribution in [0.5, 0.6) is 0 Å². The van der Waals surface area contributed by atoms with Crippen LogP contribution in [0.2, 0.25) is 0 Å². The molecule has 6 heteroatoms.